The van der Waals surface area contributed by atoms with E-state index in [1.54, 1.807) is 0 Å². The van der Waals surface area contributed by atoms with Crippen molar-refractivity contribution in [3.63, 3.8) is 0 Å². The molecule has 156 valence electrons. The molecule has 0 heterocycles. The fourth-order valence-electron chi connectivity index (χ4n) is 3.34. The Kier molecular flexibility index (Phi) is 6.68. The van der Waals surface area contributed by atoms with Gasteiger partial charge in [0.25, 0.3) is 0 Å². The minimum Gasteiger partial charge on any atom is -0.489 e. The van der Waals surface area contributed by atoms with Gasteiger partial charge in [0, 0.05) is 0 Å². The van der Waals surface area contributed by atoms with Crippen molar-refractivity contribution < 1.29 is 9.47 Å². The average molecular weight is 409 g/mol. The molecule has 0 N–H and O–H groups in total. The topological polar surface area (TPSA) is 18.5 Å². The molecule has 0 aliphatic carbocycles. The van der Waals surface area contributed by atoms with E-state index in [-0.39, 0.29) is 0 Å². The van der Waals surface area contributed by atoms with Gasteiger partial charge in [0.1, 0.15) is 24.7 Å². The van der Waals surface area contributed by atoms with Crippen LogP contribution in [0.5, 0.6) is 11.5 Å². The molecule has 0 aliphatic heterocycles. The van der Waals surface area contributed by atoms with E-state index >= 15 is 0 Å². The number of hydrogen-bond donors (Lipinski definition) is 0. The van der Waals surface area contributed by atoms with Crippen molar-refractivity contribution in [2.45, 2.75) is 33.5 Å². The summed E-state index contributed by atoms with van der Waals surface area (Å²) < 4.78 is 11.8. The molecule has 2 nitrogen and oxygen atoms in total. The SMILES string of the molecule is Cc1ccc(COc2ccc(Cc3ccc(OCc4ccc(C)cc4)cc3)cc2)cc1. The zero-order chi connectivity index (χ0) is 21.5. The lowest BCUT2D eigenvalue weighted by atomic mass is 10.0. The van der Waals surface area contributed by atoms with Gasteiger partial charge >= 0.3 is 0 Å². The van der Waals surface area contributed by atoms with Gasteiger partial charge in [-0.15, -0.1) is 0 Å². The zero-order valence-corrected chi connectivity index (χ0v) is 18.2. The highest BCUT2D eigenvalue weighted by molar-refractivity contribution is 5.34. The van der Waals surface area contributed by atoms with Gasteiger partial charge in [-0.1, -0.05) is 83.9 Å². The van der Waals surface area contributed by atoms with E-state index in [1.807, 2.05) is 24.3 Å². The van der Waals surface area contributed by atoms with Crippen molar-refractivity contribution in [1.29, 1.82) is 0 Å². The number of benzene rings is 4. The van der Waals surface area contributed by atoms with Gasteiger partial charge < -0.3 is 9.47 Å². The first-order valence-corrected chi connectivity index (χ1v) is 10.7. The van der Waals surface area contributed by atoms with E-state index in [9.17, 15) is 0 Å². The molecular formula is C29H28O2. The molecule has 0 bridgehead atoms. The van der Waals surface area contributed by atoms with E-state index in [1.165, 1.54) is 33.4 Å². The van der Waals surface area contributed by atoms with Crippen molar-refractivity contribution in [3.05, 3.63) is 130 Å². The number of rotatable bonds is 8. The Morgan fingerprint density at radius 3 is 1.10 bits per heavy atom. The standard InChI is InChI=1S/C29H28O2/c1-22-3-7-26(8-4-22)20-30-28-15-11-24(12-16-28)19-25-13-17-29(18-14-25)31-21-27-9-5-23(2)6-10-27/h3-18H,19-21H2,1-2H3. The van der Waals surface area contributed by atoms with Crippen LogP contribution in [0, 0.1) is 13.8 Å². The molecule has 0 radical (unpaired) electrons. The van der Waals surface area contributed by atoms with Crippen LogP contribution in [0.2, 0.25) is 0 Å². The maximum atomic E-state index is 5.91. The normalized spacial score (nSPS) is 10.6. The summed E-state index contributed by atoms with van der Waals surface area (Å²) in [7, 11) is 0. The average Bonchev–Trinajstić information content (AvgIpc) is 2.80. The quantitative estimate of drug-likeness (QED) is 0.311. The molecule has 0 amide bonds. The van der Waals surface area contributed by atoms with E-state index in [4.69, 9.17) is 9.47 Å². The second-order valence-electron chi connectivity index (χ2n) is 8.01. The maximum absolute atomic E-state index is 5.91. The summed E-state index contributed by atoms with van der Waals surface area (Å²) in [5.41, 5.74) is 7.41. The fraction of sp³-hybridized carbons (Fsp3) is 0.172. The lowest BCUT2D eigenvalue weighted by Gasteiger charge is -2.09. The third kappa shape index (κ3) is 6.23. The van der Waals surface area contributed by atoms with Gasteiger partial charge in [-0.2, -0.15) is 0 Å². The van der Waals surface area contributed by atoms with Crippen molar-refractivity contribution >= 4 is 0 Å². The van der Waals surface area contributed by atoms with Gasteiger partial charge in [-0.25, -0.2) is 0 Å². The highest BCUT2D eigenvalue weighted by Gasteiger charge is 2.01. The van der Waals surface area contributed by atoms with Crippen LogP contribution in [0.4, 0.5) is 0 Å². The summed E-state index contributed by atoms with van der Waals surface area (Å²) in [4.78, 5) is 0. The molecule has 0 aromatic heterocycles. The minimum absolute atomic E-state index is 0.587. The molecule has 0 aliphatic rings. The molecule has 4 aromatic carbocycles. The van der Waals surface area contributed by atoms with Crippen LogP contribution in [0.1, 0.15) is 33.4 Å². The van der Waals surface area contributed by atoms with Gasteiger partial charge in [-0.05, 0) is 66.8 Å². The minimum atomic E-state index is 0.587. The van der Waals surface area contributed by atoms with Crippen molar-refractivity contribution in [3.8, 4) is 11.5 Å². The first-order valence-electron chi connectivity index (χ1n) is 10.7. The Labute approximate surface area is 185 Å². The summed E-state index contributed by atoms with van der Waals surface area (Å²) in [6, 6.07) is 33.6. The molecule has 31 heavy (non-hydrogen) atoms. The molecular weight excluding hydrogens is 380 g/mol. The van der Waals surface area contributed by atoms with E-state index in [2.05, 4.69) is 86.6 Å². The number of aryl methyl sites for hydroxylation is 2. The summed E-state index contributed by atoms with van der Waals surface area (Å²) in [6.07, 6.45) is 0.885. The summed E-state index contributed by atoms with van der Waals surface area (Å²) >= 11 is 0. The Hall–Kier alpha value is -3.52. The fourth-order valence-corrected chi connectivity index (χ4v) is 3.34. The third-order valence-corrected chi connectivity index (χ3v) is 5.31. The van der Waals surface area contributed by atoms with Crippen LogP contribution in [0.3, 0.4) is 0 Å². The van der Waals surface area contributed by atoms with E-state index in [0.717, 1.165) is 17.9 Å². The van der Waals surface area contributed by atoms with Gasteiger partial charge in [0.2, 0.25) is 0 Å². The van der Waals surface area contributed by atoms with Crippen LogP contribution in [0.15, 0.2) is 97.1 Å². The number of ether oxygens (including phenoxy) is 2. The smallest absolute Gasteiger partial charge is 0.119 e. The Balaban J connectivity index is 1.27. The van der Waals surface area contributed by atoms with Crippen LogP contribution in [-0.2, 0) is 19.6 Å². The maximum Gasteiger partial charge on any atom is 0.119 e. The van der Waals surface area contributed by atoms with E-state index < -0.39 is 0 Å². The predicted molar refractivity (Wildman–Crippen MR) is 127 cm³/mol. The van der Waals surface area contributed by atoms with Gasteiger partial charge in [0.05, 0.1) is 0 Å². The highest BCUT2D eigenvalue weighted by atomic mass is 16.5. The first-order chi connectivity index (χ1) is 15.1. The highest BCUT2D eigenvalue weighted by Crippen LogP contribution is 2.19. The number of hydrogen-bond acceptors (Lipinski definition) is 2. The Morgan fingerprint density at radius 1 is 0.419 bits per heavy atom. The zero-order valence-electron chi connectivity index (χ0n) is 18.2. The molecule has 0 fully saturated rings. The first kappa shape index (κ1) is 20.7. The molecule has 0 unspecified atom stereocenters. The second-order valence-corrected chi connectivity index (χ2v) is 8.01. The van der Waals surface area contributed by atoms with Crippen LogP contribution in [0.25, 0.3) is 0 Å². The van der Waals surface area contributed by atoms with Crippen molar-refractivity contribution in [1.82, 2.24) is 0 Å². The van der Waals surface area contributed by atoms with Crippen LogP contribution < -0.4 is 9.47 Å². The molecule has 4 aromatic rings. The molecule has 4 rings (SSSR count). The summed E-state index contributed by atoms with van der Waals surface area (Å²) in [6.45, 7) is 5.36. The van der Waals surface area contributed by atoms with Gasteiger partial charge in [0.15, 0.2) is 0 Å². The Bertz CT molecular complexity index is 987. The largest absolute Gasteiger partial charge is 0.489 e. The lowest BCUT2D eigenvalue weighted by Crippen LogP contribution is -1.96. The molecule has 0 saturated carbocycles. The molecule has 2 heteroatoms. The Morgan fingerprint density at radius 2 is 0.742 bits per heavy atom. The monoisotopic (exact) mass is 408 g/mol. The summed E-state index contributed by atoms with van der Waals surface area (Å²) in [5.74, 6) is 1.79. The third-order valence-electron chi connectivity index (χ3n) is 5.31. The lowest BCUT2D eigenvalue weighted by molar-refractivity contribution is 0.306. The second kappa shape index (κ2) is 9.99. The molecule has 0 spiro atoms. The van der Waals surface area contributed by atoms with Crippen molar-refractivity contribution in [2.75, 3.05) is 0 Å². The van der Waals surface area contributed by atoms with Gasteiger partial charge in [-0.3, -0.25) is 0 Å². The van der Waals surface area contributed by atoms with Crippen LogP contribution in [-0.4, -0.2) is 0 Å². The van der Waals surface area contributed by atoms with Crippen LogP contribution >= 0.6 is 0 Å². The summed E-state index contributed by atoms with van der Waals surface area (Å²) in [5, 5.41) is 0. The molecule has 0 saturated heterocycles. The van der Waals surface area contributed by atoms with Crippen molar-refractivity contribution in [2.24, 2.45) is 0 Å². The predicted octanol–water partition coefficient (Wildman–Crippen LogP) is 7.05. The molecule has 0 atom stereocenters. The van der Waals surface area contributed by atoms with E-state index in [0.29, 0.717) is 13.2 Å².